The van der Waals surface area contributed by atoms with Crippen LogP contribution in [0.3, 0.4) is 0 Å². The van der Waals surface area contributed by atoms with Gasteiger partial charge in [-0.2, -0.15) is 0 Å². The van der Waals surface area contributed by atoms with Gasteiger partial charge in [0.15, 0.2) is 11.5 Å². The van der Waals surface area contributed by atoms with Crippen LogP contribution in [-0.2, 0) is 26.2 Å². The molecule has 0 aromatic heterocycles. The topological polar surface area (TPSA) is 137 Å². The van der Waals surface area contributed by atoms with E-state index >= 15 is 0 Å². The highest BCUT2D eigenvalue weighted by Gasteiger charge is 2.89. The SMILES string of the molecule is CC(C)C(NC(=O)CCCNC=O)C(=O)O.COc1ccc2c3c1OC1C(O)C=CC45CN(C)[C@H](C2)C4C315. The molecule has 2 aliphatic heterocycles. The van der Waals surface area contributed by atoms with Gasteiger partial charge in [-0.1, -0.05) is 32.1 Å². The molecule has 10 nitrogen and oxygen atoms in total. The Morgan fingerprint density at radius 2 is 2.11 bits per heavy atom. The summed E-state index contributed by atoms with van der Waals surface area (Å²) < 4.78 is 11.9. The van der Waals surface area contributed by atoms with E-state index in [9.17, 15) is 19.5 Å². The number of rotatable bonds is 9. The van der Waals surface area contributed by atoms with Crippen molar-refractivity contribution in [2.45, 2.75) is 62.8 Å². The highest BCUT2D eigenvalue weighted by atomic mass is 16.5. The fraction of sp³-hybridized carbons (Fsp3) is 0.607. The number of ether oxygens (including phenoxy) is 2. The Morgan fingerprint density at radius 3 is 2.76 bits per heavy atom. The number of carbonyl (C=O) groups is 3. The van der Waals surface area contributed by atoms with Crippen LogP contribution in [-0.4, -0.2) is 84.9 Å². The molecule has 6 unspecified atom stereocenters. The average Bonchev–Trinajstić information content (AvgIpc) is 3.12. The molecule has 0 radical (unpaired) electrons. The Morgan fingerprint density at radius 1 is 1.34 bits per heavy atom. The van der Waals surface area contributed by atoms with Crippen molar-refractivity contribution >= 4 is 18.3 Å². The Bertz CT molecular complexity index is 1170. The molecule has 3 aliphatic carbocycles. The lowest BCUT2D eigenvalue weighted by Crippen LogP contribution is -2.51. The maximum atomic E-state index is 11.3. The molecule has 206 valence electrons. The molecule has 38 heavy (non-hydrogen) atoms. The number of aliphatic carboxylic acids is 1. The van der Waals surface area contributed by atoms with Gasteiger partial charge in [0.05, 0.1) is 12.5 Å². The molecule has 10 heteroatoms. The summed E-state index contributed by atoms with van der Waals surface area (Å²) in [5.74, 6) is 0.770. The third-order valence-corrected chi connectivity index (χ3v) is 9.12. The highest BCUT2D eigenvalue weighted by Crippen LogP contribution is 2.84. The number of carbonyl (C=O) groups excluding carboxylic acids is 2. The number of likely N-dealkylation sites (tertiary alicyclic amines) is 1. The normalized spacial score (nSPS) is 33.2. The molecule has 2 heterocycles. The van der Waals surface area contributed by atoms with Gasteiger partial charge in [-0.15, -0.1) is 0 Å². The van der Waals surface area contributed by atoms with Gasteiger partial charge in [0.1, 0.15) is 18.2 Å². The second-order valence-corrected chi connectivity index (χ2v) is 11.4. The first-order valence-corrected chi connectivity index (χ1v) is 13.3. The second kappa shape index (κ2) is 9.57. The first kappa shape index (κ1) is 26.5. The molecule has 7 atom stereocenters. The van der Waals surface area contributed by atoms with Crippen LogP contribution in [0.5, 0.6) is 11.5 Å². The van der Waals surface area contributed by atoms with E-state index in [-0.39, 0.29) is 35.2 Å². The molecule has 4 N–H and O–H groups in total. The van der Waals surface area contributed by atoms with E-state index in [4.69, 9.17) is 14.6 Å². The fourth-order valence-corrected chi connectivity index (χ4v) is 7.65. The number of likely N-dealkylation sites (N-methyl/N-ethyl adjacent to an activating group) is 1. The monoisotopic (exact) mass is 527 g/mol. The largest absolute Gasteiger partial charge is 0.493 e. The lowest BCUT2D eigenvalue weighted by Gasteiger charge is -2.39. The zero-order valence-electron chi connectivity index (χ0n) is 22.3. The van der Waals surface area contributed by atoms with Crippen LogP contribution in [0.25, 0.3) is 0 Å². The fourth-order valence-electron chi connectivity index (χ4n) is 7.65. The number of nitrogens with one attached hydrogen (secondary N) is 2. The predicted molar refractivity (Wildman–Crippen MR) is 138 cm³/mol. The molecular formula is C28H37N3O7. The summed E-state index contributed by atoms with van der Waals surface area (Å²) in [6.07, 6.45) is 5.93. The first-order valence-electron chi connectivity index (χ1n) is 13.3. The Kier molecular flexibility index (Phi) is 6.67. The minimum atomic E-state index is -1.03. The Balaban J connectivity index is 0.000000166. The quantitative estimate of drug-likeness (QED) is 0.211. The summed E-state index contributed by atoms with van der Waals surface area (Å²) in [7, 11) is 3.93. The summed E-state index contributed by atoms with van der Waals surface area (Å²) in [6.45, 7) is 4.94. The van der Waals surface area contributed by atoms with Crippen molar-refractivity contribution < 1.29 is 34.1 Å². The minimum absolute atomic E-state index is 0.0181. The van der Waals surface area contributed by atoms with Crippen molar-refractivity contribution in [2.24, 2.45) is 17.3 Å². The zero-order valence-corrected chi connectivity index (χ0v) is 22.3. The standard InChI is InChI=1S/C18H19NO3.C10H18N2O4/c1-19-8-17-6-5-11(20)16-18(17)13-9(7-10(19)15(17)18)3-4-12(21-2)14(13)22-16;1-7(2)9(10(15)16)12-8(14)4-3-5-11-6-13/h3-6,10-11,15-16,20H,7-8H2,1-2H3;6-7,9H,3-5H2,1-2H3,(H,11,13)(H,12,14)(H,15,16)/t10-,11?,15?,16?,17?,18?;/m1./s1. The Hall–Kier alpha value is -3.11. The molecule has 2 spiro atoms. The number of hydrogen-bond acceptors (Lipinski definition) is 7. The third-order valence-electron chi connectivity index (χ3n) is 9.12. The van der Waals surface area contributed by atoms with Crippen LogP contribution in [0.15, 0.2) is 24.3 Å². The van der Waals surface area contributed by atoms with Gasteiger partial charge in [-0.25, -0.2) is 4.79 Å². The number of carboxylic acids is 1. The van der Waals surface area contributed by atoms with Gasteiger partial charge in [-0.05, 0) is 37.4 Å². The van der Waals surface area contributed by atoms with Crippen LogP contribution in [0.4, 0.5) is 0 Å². The molecule has 1 saturated carbocycles. The second-order valence-electron chi connectivity index (χ2n) is 11.4. The summed E-state index contributed by atoms with van der Waals surface area (Å²) in [5.41, 5.74) is 2.86. The number of hydrogen-bond donors (Lipinski definition) is 4. The minimum Gasteiger partial charge on any atom is -0.493 e. The van der Waals surface area contributed by atoms with Gasteiger partial charge in [-0.3, -0.25) is 9.59 Å². The lowest BCUT2D eigenvalue weighted by atomic mass is 9.71. The van der Waals surface area contributed by atoms with Gasteiger partial charge in [0, 0.05) is 42.4 Å². The lowest BCUT2D eigenvalue weighted by molar-refractivity contribution is -0.143. The van der Waals surface area contributed by atoms with Gasteiger partial charge < -0.3 is 35.2 Å². The third kappa shape index (κ3) is 3.64. The number of aliphatic hydroxyl groups excluding tert-OH is 1. The van der Waals surface area contributed by atoms with E-state index in [1.54, 1.807) is 21.0 Å². The van der Waals surface area contributed by atoms with Crippen molar-refractivity contribution in [2.75, 3.05) is 27.2 Å². The van der Waals surface area contributed by atoms with Crippen molar-refractivity contribution in [1.29, 1.82) is 0 Å². The number of amides is 2. The van der Waals surface area contributed by atoms with Gasteiger partial charge >= 0.3 is 5.97 Å². The molecule has 1 aromatic carbocycles. The van der Waals surface area contributed by atoms with E-state index in [1.807, 2.05) is 12.1 Å². The van der Waals surface area contributed by atoms with Crippen LogP contribution in [0.2, 0.25) is 0 Å². The molecule has 6 rings (SSSR count). The van der Waals surface area contributed by atoms with E-state index in [0.717, 1.165) is 24.5 Å². The molecule has 5 aliphatic rings. The molecule has 1 saturated heterocycles. The first-order chi connectivity index (χ1) is 18.1. The number of piperidine rings is 1. The molecule has 1 aromatic rings. The smallest absolute Gasteiger partial charge is 0.326 e. The summed E-state index contributed by atoms with van der Waals surface area (Å²) in [4.78, 5) is 34.5. The highest BCUT2D eigenvalue weighted by molar-refractivity contribution is 5.83. The van der Waals surface area contributed by atoms with E-state index < -0.39 is 18.1 Å². The summed E-state index contributed by atoms with van der Waals surface area (Å²) in [6, 6.07) is 3.93. The van der Waals surface area contributed by atoms with Gasteiger partial charge in [0.2, 0.25) is 12.3 Å². The summed E-state index contributed by atoms with van der Waals surface area (Å²) in [5, 5.41) is 24.3. The average molecular weight is 528 g/mol. The van der Waals surface area contributed by atoms with Crippen LogP contribution >= 0.6 is 0 Å². The molecular weight excluding hydrogens is 490 g/mol. The Labute approximate surface area is 222 Å². The number of benzene rings is 1. The predicted octanol–water partition coefficient (Wildman–Crippen LogP) is 0.849. The number of carboxylic acid groups (broad SMARTS) is 1. The molecule has 2 fully saturated rings. The number of aliphatic hydroxyl groups is 1. The van der Waals surface area contributed by atoms with Crippen LogP contribution in [0.1, 0.15) is 37.8 Å². The van der Waals surface area contributed by atoms with Crippen LogP contribution in [0, 0.1) is 17.3 Å². The van der Waals surface area contributed by atoms with Crippen molar-refractivity contribution in [1.82, 2.24) is 15.5 Å². The van der Waals surface area contributed by atoms with E-state index in [1.165, 1.54) is 11.1 Å². The van der Waals surface area contributed by atoms with Gasteiger partial charge in [0.25, 0.3) is 0 Å². The van der Waals surface area contributed by atoms with Crippen LogP contribution < -0.4 is 20.1 Å². The number of methoxy groups -OCH3 is 1. The van der Waals surface area contributed by atoms with E-state index in [0.29, 0.717) is 31.3 Å². The maximum absolute atomic E-state index is 11.3. The maximum Gasteiger partial charge on any atom is 0.326 e. The van der Waals surface area contributed by atoms with Crippen molar-refractivity contribution in [3.63, 3.8) is 0 Å². The molecule has 0 bridgehead atoms. The zero-order chi connectivity index (χ0) is 27.4. The van der Waals surface area contributed by atoms with Crippen molar-refractivity contribution in [3.8, 4) is 11.5 Å². The number of nitrogens with zero attached hydrogens (tertiary/aromatic N) is 1. The molecule has 2 amide bonds. The van der Waals surface area contributed by atoms with E-state index in [2.05, 4.69) is 34.7 Å². The summed E-state index contributed by atoms with van der Waals surface area (Å²) >= 11 is 0. The van der Waals surface area contributed by atoms with Crippen molar-refractivity contribution in [3.05, 3.63) is 35.4 Å².